The van der Waals surface area contributed by atoms with Crippen LogP contribution in [0.2, 0.25) is 0 Å². The minimum absolute atomic E-state index is 0.636. The summed E-state index contributed by atoms with van der Waals surface area (Å²) in [7, 11) is 2.03. The molecule has 0 spiro atoms. The minimum Gasteiger partial charge on any atom is -0.381 e. The SMILES string of the molecule is CN[C@H](C)C[C@H]1CCCCOC1. The van der Waals surface area contributed by atoms with E-state index in [1.807, 2.05) is 7.05 Å². The molecule has 1 saturated heterocycles. The van der Waals surface area contributed by atoms with Crippen molar-refractivity contribution in [3.05, 3.63) is 0 Å². The van der Waals surface area contributed by atoms with Gasteiger partial charge < -0.3 is 10.1 Å². The Kier molecular flexibility index (Phi) is 4.62. The van der Waals surface area contributed by atoms with E-state index in [-0.39, 0.29) is 0 Å². The van der Waals surface area contributed by atoms with Gasteiger partial charge in [0.05, 0.1) is 0 Å². The summed E-state index contributed by atoms with van der Waals surface area (Å²) >= 11 is 0. The van der Waals surface area contributed by atoms with Gasteiger partial charge in [-0.05, 0) is 39.2 Å². The molecule has 2 atom stereocenters. The van der Waals surface area contributed by atoms with E-state index in [4.69, 9.17) is 4.74 Å². The van der Waals surface area contributed by atoms with E-state index in [1.54, 1.807) is 0 Å². The fourth-order valence-corrected chi connectivity index (χ4v) is 1.77. The van der Waals surface area contributed by atoms with Crippen molar-refractivity contribution in [2.24, 2.45) is 5.92 Å². The van der Waals surface area contributed by atoms with E-state index in [9.17, 15) is 0 Å². The molecule has 72 valence electrons. The van der Waals surface area contributed by atoms with Crippen molar-refractivity contribution in [2.45, 2.75) is 38.6 Å². The molecule has 0 aromatic rings. The fourth-order valence-electron chi connectivity index (χ4n) is 1.77. The van der Waals surface area contributed by atoms with Crippen LogP contribution in [-0.4, -0.2) is 26.3 Å². The first-order chi connectivity index (χ1) is 5.83. The predicted octanol–water partition coefficient (Wildman–Crippen LogP) is 1.80. The zero-order valence-corrected chi connectivity index (χ0v) is 8.31. The van der Waals surface area contributed by atoms with Gasteiger partial charge in [0.15, 0.2) is 0 Å². The summed E-state index contributed by atoms with van der Waals surface area (Å²) in [5, 5.41) is 3.28. The fraction of sp³-hybridized carbons (Fsp3) is 1.00. The third-order valence-electron chi connectivity index (χ3n) is 2.68. The molecule has 0 aromatic carbocycles. The zero-order chi connectivity index (χ0) is 8.81. The first-order valence-corrected chi connectivity index (χ1v) is 5.08. The van der Waals surface area contributed by atoms with Gasteiger partial charge in [0.1, 0.15) is 0 Å². The van der Waals surface area contributed by atoms with Crippen LogP contribution in [0.4, 0.5) is 0 Å². The quantitative estimate of drug-likeness (QED) is 0.699. The van der Waals surface area contributed by atoms with Gasteiger partial charge in [-0.25, -0.2) is 0 Å². The van der Waals surface area contributed by atoms with Gasteiger partial charge in [-0.3, -0.25) is 0 Å². The smallest absolute Gasteiger partial charge is 0.0494 e. The number of nitrogens with one attached hydrogen (secondary N) is 1. The standard InChI is InChI=1S/C10H21NO/c1-9(11-2)7-10-5-3-4-6-12-8-10/h9-11H,3-8H2,1-2H3/t9-,10-/m1/s1. The highest BCUT2D eigenvalue weighted by Gasteiger charge is 2.14. The molecular weight excluding hydrogens is 150 g/mol. The lowest BCUT2D eigenvalue weighted by atomic mass is 9.96. The van der Waals surface area contributed by atoms with Crippen LogP contribution in [-0.2, 0) is 4.74 Å². The van der Waals surface area contributed by atoms with Crippen LogP contribution in [0.15, 0.2) is 0 Å². The molecule has 0 amide bonds. The molecule has 2 nitrogen and oxygen atoms in total. The van der Waals surface area contributed by atoms with Gasteiger partial charge in [0, 0.05) is 19.3 Å². The number of hydrogen-bond acceptors (Lipinski definition) is 2. The summed E-state index contributed by atoms with van der Waals surface area (Å²) in [6.07, 6.45) is 5.22. The summed E-state index contributed by atoms with van der Waals surface area (Å²) in [6.45, 7) is 4.20. The zero-order valence-electron chi connectivity index (χ0n) is 8.31. The molecular formula is C10H21NO. The third kappa shape index (κ3) is 3.55. The molecule has 1 heterocycles. The first kappa shape index (κ1) is 10.0. The minimum atomic E-state index is 0.636. The van der Waals surface area contributed by atoms with Crippen LogP contribution < -0.4 is 5.32 Å². The van der Waals surface area contributed by atoms with Crippen LogP contribution in [0.25, 0.3) is 0 Å². The second kappa shape index (κ2) is 5.55. The van der Waals surface area contributed by atoms with E-state index in [0.717, 1.165) is 19.1 Å². The second-order valence-corrected chi connectivity index (χ2v) is 3.86. The first-order valence-electron chi connectivity index (χ1n) is 5.08. The molecule has 12 heavy (non-hydrogen) atoms. The maximum Gasteiger partial charge on any atom is 0.0494 e. The van der Waals surface area contributed by atoms with E-state index < -0.39 is 0 Å². The molecule has 0 aliphatic carbocycles. The molecule has 0 unspecified atom stereocenters. The Labute approximate surface area is 75.7 Å². The van der Waals surface area contributed by atoms with Crippen molar-refractivity contribution in [3.8, 4) is 0 Å². The summed E-state index contributed by atoms with van der Waals surface area (Å²) in [6, 6.07) is 0.636. The highest BCUT2D eigenvalue weighted by atomic mass is 16.5. The average Bonchev–Trinajstić information content (AvgIpc) is 2.33. The van der Waals surface area contributed by atoms with Crippen molar-refractivity contribution in [1.29, 1.82) is 0 Å². The van der Waals surface area contributed by atoms with Crippen molar-refractivity contribution >= 4 is 0 Å². The normalized spacial score (nSPS) is 28.0. The molecule has 1 aliphatic rings. The topological polar surface area (TPSA) is 21.3 Å². The van der Waals surface area contributed by atoms with Gasteiger partial charge >= 0.3 is 0 Å². The maximum atomic E-state index is 5.52. The molecule has 0 radical (unpaired) electrons. The van der Waals surface area contributed by atoms with Crippen LogP contribution in [0.1, 0.15) is 32.6 Å². The number of rotatable bonds is 3. The summed E-state index contributed by atoms with van der Waals surface area (Å²) in [5.41, 5.74) is 0. The summed E-state index contributed by atoms with van der Waals surface area (Å²) in [5.74, 6) is 0.787. The van der Waals surface area contributed by atoms with Gasteiger partial charge in [0.25, 0.3) is 0 Å². The Morgan fingerprint density at radius 2 is 2.33 bits per heavy atom. The lowest BCUT2D eigenvalue weighted by Gasteiger charge is -2.18. The summed E-state index contributed by atoms with van der Waals surface area (Å²) < 4.78 is 5.52. The second-order valence-electron chi connectivity index (χ2n) is 3.86. The molecule has 1 rings (SSSR count). The molecule has 1 N–H and O–H groups in total. The largest absolute Gasteiger partial charge is 0.381 e. The highest BCUT2D eigenvalue weighted by Crippen LogP contribution is 2.18. The van der Waals surface area contributed by atoms with E-state index in [2.05, 4.69) is 12.2 Å². The molecule has 2 heteroatoms. The number of hydrogen-bond donors (Lipinski definition) is 1. The monoisotopic (exact) mass is 171 g/mol. The van der Waals surface area contributed by atoms with E-state index in [1.165, 1.54) is 25.7 Å². The van der Waals surface area contributed by atoms with Crippen molar-refractivity contribution in [2.75, 3.05) is 20.3 Å². The Morgan fingerprint density at radius 3 is 3.08 bits per heavy atom. The molecule has 0 aromatic heterocycles. The van der Waals surface area contributed by atoms with Crippen LogP contribution in [0.3, 0.4) is 0 Å². The molecule has 1 aliphatic heterocycles. The van der Waals surface area contributed by atoms with Gasteiger partial charge in [-0.1, -0.05) is 6.42 Å². The Morgan fingerprint density at radius 1 is 1.50 bits per heavy atom. The molecule has 0 saturated carbocycles. The van der Waals surface area contributed by atoms with Gasteiger partial charge in [0.2, 0.25) is 0 Å². The Bertz CT molecular complexity index is 108. The predicted molar refractivity (Wildman–Crippen MR) is 51.3 cm³/mol. The average molecular weight is 171 g/mol. The summed E-state index contributed by atoms with van der Waals surface area (Å²) in [4.78, 5) is 0. The molecule has 0 bridgehead atoms. The van der Waals surface area contributed by atoms with Crippen LogP contribution in [0, 0.1) is 5.92 Å². The maximum absolute atomic E-state index is 5.52. The van der Waals surface area contributed by atoms with Crippen molar-refractivity contribution < 1.29 is 4.74 Å². The van der Waals surface area contributed by atoms with Gasteiger partial charge in [-0.2, -0.15) is 0 Å². The lowest BCUT2D eigenvalue weighted by Crippen LogP contribution is -2.25. The van der Waals surface area contributed by atoms with E-state index in [0.29, 0.717) is 6.04 Å². The van der Waals surface area contributed by atoms with Crippen molar-refractivity contribution in [1.82, 2.24) is 5.32 Å². The Balaban J connectivity index is 2.20. The van der Waals surface area contributed by atoms with Crippen molar-refractivity contribution in [3.63, 3.8) is 0 Å². The van der Waals surface area contributed by atoms with Crippen LogP contribution in [0.5, 0.6) is 0 Å². The van der Waals surface area contributed by atoms with Gasteiger partial charge in [-0.15, -0.1) is 0 Å². The van der Waals surface area contributed by atoms with Crippen LogP contribution >= 0.6 is 0 Å². The lowest BCUT2D eigenvalue weighted by molar-refractivity contribution is 0.110. The molecule has 1 fully saturated rings. The highest BCUT2D eigenvalue weighted by molar-refractivity contribution is 4.68. The van der Waals surface area contributed by atoms with E-state index >= 15 is 0 Å². The number of ether oxygens (including phenoxy) is 1. The Hall–Kier alpha value is -0.0800. The third-order valence-corrected chi connectivity index (χ3v) is 2.68.